The van der Waals surface area contributed by atoms with Crippen molar-refractivity contribution in [2.24, 2.45) is 5.41 Å². The monoisotopic (exact) mass is 222 g/mol. The third kappa shape index (κ3) is 1.87. The van der Waals surface area contributed by atoms with Crippen LogP contribution in [0, 0.1) is 5.41 Å². The molecule has 0 radical (unpaired) electrons. The Kier molecular flexibility index (Phi) is 2.80. The van der Waals surface area contributed by atoms with Crippen molar-refractivity contribution in [3.63, 3.8) is 0 Å². The molecule has 0 heterocycles. The van der Waals surface area contributed by atoms with E-state index in [2.05, 4.69) is 6.92 Å². The second-order valence-electron chi connectivity index (χ2n) is 4.66. The fourth-order valence-electron chi connectivity index (χ4n) is 1.89. The van der Waals surface area contributed by atoms with E-state index in [4.69, 9.17) is 9.47 Å². The predicted octanol–water partition coefficient (Wildman–Crippen LogP) is 2.54. The lowest BCUT2D eigenvalue weighted by atomic mass is 9.94. The molecule has 0 aliphatic heterocycles. The van der Waals surface area contributed by atoms with Gasteiger partial charge in [0, 0.05) is 11.6 Å². The van der Waals surface area contributed by atoms with Crippen molar-refractivity contribution in [3.05, 3.63) is 23.8 Å². The van der Waals surface area contributed by atoms with E-state index < -0.39 is 6.10 Å². The van der Waals surface area contributed by atoms with Gasteiger partial charge in [-0.15, -0.1) is 0 Å². The molecular weight excluding hydrogens is 204 g/mol. The van der Waals surface area contributed by atoms with Crippen molar-refractivity contribution < 1.29 is 14.6 Å². The summed E-state index contributed by atoms with van der Waals surface area (Å²) in [4.78, 5) is 0. The van der Waals surface area contributed by atoms with Crippen LogP contribution in [0.2, 0.25) is 0 Å². The molecule has 1 aliphatic carbocycles. The van der Waals surface area contributed by atoms with Crippen LogP contribution in [0.4, 0.5) is 0 Å². The van der Waals surface area contributed by atoms with E-state index in [1.165, 1.54) is 0 Å². The summed E-state index contributed by atoms with van der Waals surface area (Å²) in [5.41, 5.74) is 0.880. The Balaban J connectivity index is 2.32. The molecule has 1 aliphatic rings. The summed E-state index contributed by atoms with van der Waals surface area (Å²) in [6.07, 6.45) is 1.69. The minimum Gasteiger partial charge on any atom is -0.497 e. The minimum atomic E-state index is -0.451. The first-order valence-corrected chi connectivity index (χ1v) is 5.51. The minimum absolute atomic E-state index is 0.0296. The summed E-state index contributed by atoms with van der Waals surface area (Å²) in [6, 6.07) is 5.54. The lowest BCUT2D eigenvalue weighted by molar-refractivity contribution is 0.101. The zero-order valence-electron chi connectivity index (χ0n) is 9.99. The van der Waals surface area contributed by atoms with Crippen LogP contribution in [0.1, 0.15) is 31.4 Å². The second-order valence-corrected chi connectivity index (χ2v) is 4.66. The van der Waals surface area contributed by atoms with E-state index in [1.807, 2.05) is 18.2 Å². The highest BCUT2D eigenvalue weighted by molar-refractivity contribution is 5.43. The largest absolute Gasteiger partial charge is 0.497 e. The molecule has 0 aromatic heterocycles. The fourth-order valence-corrected chi connectivity index (χ4v) is 1.89. The Morgan fingerprint density at radius 2 is 1.94 bits per heavy atom. The molecule has 1 aromatic rings. The summed E-state index contributed by atoms with van der Waals surface area (Å²) in [5.74, 6) is 1.44. The maximum absolute atomic E-state index is 10.3. The third-order valence-corrected chi connectivity index (χ3v) is 3.43. The zero-order valence-corrected chi connectivity index (χ0v) is 9.99. The third-order valence-electron chi connectivity index (χ3n) is 3.43. The van der Waals surface area contributed by atoms with Gasteiger partial charge in [0.25, 0.3) is 0 Å². The maximum atomic E-state index is 10.3. The maximum Gasteiger partial charge on any atom is 0.128 e. The number of hydrogen-bond donors (Lipinski definition) is 1. The lowest BCUT2D eigenvalue weighted by Gasteiger charge is -2.20. The molecule has 1 aromatic carbocycles. The van der Waals surface area contributed by atoms with Crippen molar-refractivity contribution in [1.82, 2.24) is 0 Å². The molecule has 1 N–H and O–H groups in total. The average molecular weight is 222 g/mol. The molecule has 0 bridgehead atoms. The summed E-state index contributed by atoms with van der Waals surface area (Å²) in [7, 11) is 3.23. The molecule has 88 valence electrons. The van der Waals surface area contributed by atoms with Crippen LogP contribution in [0.3, 0.4) is 0 Å². The number of aliphatic hydroxyl groups is 1. The fraction of sp³-hybridized carbons (Fsp3) is 0.538. The Morgan fingerprint density at radius 3 is 2.44 bits per heavy atom. The first-order chi connectivity index (χ1) is 7.60. The van der Waals surface area contributed by atoms with E-state index in [1.54, 1.807) is 14.2 Å². The van der Waals surface area contributed by atoms with Crippen LogP contribution in [0.5, 0.6) is 11.5 Å². The molecule has 16 heavy (non-hydrogen) atoms. The predicted molar refractivity (Wildman–Crippen MR) is 61.8 cm³/mol. The van der Waals surface area contributed by atoms with Gasteiger partial charge in [-0.2, -0.15) is 0 Å². The van der Waals surface area contributed by atoms with E-state index in [-0.39, 0.29) is 5.41 Å². The summed E-state index contributed by atoms with van der Waals surface area (Å²) >= 11 is 0. The Labute approximate surface area is 96.0 Å². The highest BCUT2D eigenvalue weighted by Gasteiger charge is 2.45. The van der Waals surface area contributed by atoms with E-state index in [0.717, 1.165) is 24.2 Å². The van der Waals surface area contributed by atoms with Crippen LogP contribution >= 0.6 is 0 Å². The summed E-state index contributed by atoms with van der Waals surface area (Å²) in [5, 5.41) is 10.3. The highest BCUT2D eigenvalue weighted by Crippen LogP contribution is 2.55. The van der Waals surface area contributed by atoms with Crippen molar-refractivity contribution in [2.75, 3.05) is 14.2 Å². The van der Waals surface area contributed by atoms with Crippen molar-refractivity contribution in [3.8, 4) is 11.5 Å². The van der Waals surface area contributed by atoms with Gasteiger partial charge in [-0.3, -0.25) is 0 Å². The Bertz CT molecular complexity index is 383. The normalized spacial score (nSPS) is 19.0. The van der Waals surface area contributed by atoms with Crippen LogP contribution in [-0.4, -0.2) is 19.3 Å². The molecule has 0 saturated heterocycles. The molecule has 3 heteroatoms. The summed E-state index contributed by atoms with van der Waals surface area (Å²) in [6.45, 7) is 2.10. The zero-order chi connectivity index (χ0) is 11.8. The quantitative estimate of drug-likeness (QED) is 0.850. The highest BCUT2D eigenvalue weighted by atomic mass is 16.5. The molecule has 1 fully saturated rings. The summed E-state index contributed by atoms with van der Waals surface area (Å²) < 4.78 is 10.4. The first kappa shape index (κ1) is 11.3. The molecule has 0 amide bonds. The standard InChI is InChI=1S/C13H18O3/c1-13(6-7-13)12(14)10-5-4-9(15-2)8-11(10)16-3/h4-5,8,12,14H,6-7H2,1-3H3. The number of benzene rings is 1. The SMILES string of the molecule is COc1ccc(C(O)C2(C)CC2)c(OC)c1. The lowest BCUT2D eigenvalue weighted by Crippen LogP contribution is -2.11. The molecule has 0 spiro atoms. The van der Waals surface area contributed by atoms with Gasteiger partial charge in [0.15, 0.2) is 0 Å². The molecule has 1 saturated carbocycles. The number of ether oxygens (including phenoxy) is 2. The molecule has 1 atom stereocenters. The van der Waals surface area contributed by atoms with Gasteiger partial charge >= 0.3 is 0 Å². The van der Waals surface area contributed by atoms with E-state index in [0.29, 0.717) is 5.75 Å². The van der Waals surface area contributed by atoms with E-state index in [9.17, 15) is 5.11 Å². The first-order valence-electron chi connectivity index (χ1n) is 5.51. The molecule has 1 unspecified atom stereocenters. The van der Waals surface area contributed by atoms with Gasteiger partial charge in [-0.05, 0) is 30.4 Å². The smallest absolute Gasteiger partial charge is 0.128 e. The van der Waals surface area contributed by atoms with Gasteiger partial charge < -0.3 is 14.6 Å². The topological polar surface area (TPSA) is 38.7 Å². The number of methoxy groups -OCH3 is 2. The van der Waals surface area contributed by atoms with Crippen LogP contribution in [0.15, 0.2) is 18.2 Å². The van der Waals surface area contributed by atoms with Crippen LogP contribution in [-0.2, 0) is 0 Å². The van der Waals surface area contributed by atoms with Gasteiger partial charge in [-0.1, -0.05) is 6.92 Å². The number of aliphatic hydroxyl groups excluding tert-OH is 1. The van der Waals surface area contributed by atoms with Gasteiger partial charge in [0.05, 0.1) is 20.3 Å². The van der Waals surface area contributed by atoms with Crippen molar-refractivity contribution in [1.29, 1.82) is 0 Å². The number of hydrogen-bond acceptors (Lipinski definition) is 3. The Hall–Kier alpha value is -1.22. The van der Waals surface area contributed by atoms with Gasteiger partial charge in [0.2, 0.25) is 0 Å². The van der Waals surface area contributed by atoms with Crippen LogP contribution in [0.25, 0.3) is 0 Å². The van der Waals surface area contributed by atoms with Crippen molar-refractivity contribution in [2.45, 2.75) is 25.9 Å². The Morgan fingerprint density at radius 1 is 1.25 bits per heavy atom. The molecule has 3 nitrogen and oxygen atoms in total. The molecule has 2 rings (SSSR count). The van der Waals surface area contributed by atoms with Crippen molar-refractivity contribution >= 4 is 0 Å². The average Bonchev–Trinajstić information content (AvgIpc) is 3.06. The van der Waals surface area contributed by atoms with Crippen LogP contribution < -0.4 is 9.47 Å². The van der Waals surface area contributed by atoms with Gasteiger partial charge in [-0.25, -0.2) is 0 Å². The number of rotatable bonds is 4. The molecular formula is C13H18O3. The van der Waals surface area contributed by atoms with E-state index >= 15 is 0 Å². The second kappa shape index (κ2) is 3.98. The van der Waals surface area contributed by atoms with Gasteiger partial charge in [0.1, 0.15) is 11.5 Å².